The predicted octanol–water partition coefficient (Wildman–Crippen LogP) is 2.64. The number of hydrogen-bond donors (Lipinski definition) is 1. The van der Waals surface area contributed by atoms with Crippen LogP contribution in [0.4, 0.5) is 0 Å². The van der Waals surface area contributed by atoms with Gasteiger partial charge in [0, 0.05) is 11.6 Å². The first-order valence-corrected chi connectivity index (χ1v) is 6.46. The van der Waals surface area contributed by atoms with Crippen molar-refractivity contribution in [3.8, 4) is 0 Å². The molecule has 0 bridgehead atoms. The van der Waals surface area contributed by atoms with Gasteiger partial charge in [0.25, 0.3) is 0 Å². The molecule has 1 aliphatic heterocycles. The average molecular weight is 263 g/mol. The molecule has 0 aromatic carbocycles. The summed E-state index contributed by atoms with van der Waals surface area (Å²) < 4.78 is 5.85. The molecule has 92 valence electrons. The lowest BCUT2D eigenvalue weighted by Crippen LogP contribution is -2.30. The molecule has 2 heterocycles. The van der Waals surface area contributed by atoms with Gasteiger partial charge in [0.1, 0.15) is 11.1 Å². The first-order valence-electron chi connectivity index (χ1n) is 5.58. The third kappa shape index (κ3) is 4.01. The van der Waals surface area contributed by atoms with E-state index in [-0.39, 0.29) is 18.5 Å². The molecular weight excluding hydrogens is 244 g/mol. The Bertz CT molecular complexity index is 276. The van der Waals surface area contributed by atoms with Crippen molar-refractivity contribution in [3.63, 3.8) is 0 Å². The molecular formula is C11H19ClN2OS. The Labute approximate surface area is 107 Å². The monoisotopic (exact) mass is 262 g/mol. The molecule has 1 aliphatic rings. The second-order valence-corrected chi connectivity index (χ2v) is 4.97. The summed E-state index contributed by atoms with van der Waals surface area (Å²) in [7, 11) is 0. The van der Waals surface area contributed by atoms with Crippen molar-refractivity contribution in [1.82, 2.24) is 10.3 Å². The number of rotatable bonds is 4. The quantitative estimate of drug-likeness (QED) is 0.906. The fraction of sp³-hybridized carbons (Fsp3) is 0.727. The molecule has 0 radical (unpaired) electrons. The number of nitrogens with one attached hydrogen (secondary N) is 1. The minimum Gasteiger partial charge on any atom is -0.371 e. The third-order valence-corrected chi connectivity index (χ3v) is 3.78. The Kier molecular flexibility index (Phi) is 6.28. The Balaban J connectivity index is 0.00000128. The highest BCUT2D eigenvalue weighted by atomic mass is 35.5. The summed E-state index contributed by atoms with van der Waals surface area (Å²) in [5, 5.41) is 6.45. The number of ether oxygens (including phenoxy) is 1. The van der Waals surface area contributed by atoms with Gasteiger partial charge in [0.05, 0.1) is 6.61 Å². The highest BCUT2D eigenvalue weighted by Gasteiger charge is 2.15. The Morgan fingerprint density at radius 3 is 2.94 bits per heavy atom. The highest BCUT2D eigenvalue weighted by molar-refractivity contribution is 7.09. The van der Waals surface area contributed by atoms with E-state index in [0.717, 1.165) is 30.6 Å². The van der Waals surface area contributed by atoms with Crippen LogP contribution in [-0.4, -0.2) is 24.7 Å². The van der Waals surface area contributed by atoms with E-state index < -0.39 is 0 Å². The second kappa shape index (κ2) is 7.22. The molecule has 3 nitrogen and oxygen atoms in total. The van der Waals surface area contributed by atoms with Gasteiger partial charge in [-0.05, 0) is 38.8 Å². The summed E-state index contributed by atoms with van der Waals surface area (Å²) >= 11 is 1.67. The van der Waals surface area contributed by atoms with Crippen molar-refractivity contribution in [3.05, 3.63) is 16.6 Å². The van der Waals surface area contributed by atoms with Gasteiger partial charge in [-0.3, -0.25) is 0 Å². The number of nitrogens with zero attached hydrogens (tertiary/aromatic N) is 1. The molecule has 1 fully saturated rings. The van der Waals surface area contributed by atoms with Crippen molar-refractivity contribution >= 4 is 23.7 Å². The maximum atomic E-state index is 5.85. The minimum atomic E-state index is 0. The van der Waals surface area contributed by atoms with Crippen LogP contribution in [0.2, 0.25) is 0 Å². The van der Waals surface area contributed by atoms with Gasteiger partial charge >= 0.3 is 0 Å². The molecule has 1 N–H and O–H groups in total. The van der Waals surface area contributed by atoms with Crippen LogP contribution in [0.25, 0.3) is 0 Å². The summed E-state index contributed by atoms with van der Waals surface area (Å²) in [6, 6.07) is 0. The second-order valence-electron chi connectivity index (χ2n) is 4.04. The van der Waals surface area contributed by atoms with Crippen LogP contribution in [0.1, 0.15) is 30.9 Å². The molecule has 5 heteroatoms. The summed E-state index contributed by atoms with van der Waals surface area (Å²) in [6.45, 7) is 5.24. The maximum Gasteiger partial charge on any atom is 0.121 e. The largest absolute Gasteiger partial charge is 0.371 e. The molecule has 0 aliphatic carbocycles. The van der Waals surface area contributed by atoms with E-state index in [4.69, 9.17) is 4.74 Å². The maximum absolute atomic E-state index is 5.85. The molecule has 1 unspecified atom stereocenters. The van der Waals surface area contributed by atoms with Gasteiger partial charge in [-0.15, -0.1) is 23.7 Å². The van der Waals surface area contributed by atoms with Crippen molar-refractivity contribution in [2.45, 2.75) is 25.9 Å². The summed E-state index contributed by atoms with van der Waals surface area (Å²) in [5.74, 6) is 0.730. The molecule has 16 heavy (non-hydrogen) atoms. The first kappa shape index (κ1) is 13.9. The SMILES string of the molecule is CC(OCC1CCNCC1)c1nccs1.Cl. The summed E-state index contributed by atoms with van der Waals surface area (Å²) in [5.41, 5.74) is 0. The van der Waals surface area contributed by atoms with E-state index in [0.29, 0.717) is 0 Å². The van der Waals surface area contributed by atoms with Gasteiger partial charge in [0.15, 0.2) is 0 Å². The Hall–Kier alpha value is -0.160. The van der Waals surface area contributed by atoms with Crippen LogP contribution >= 0.6 is 23.7 Å². The fourth-order valence-corrected chi connectivity index (χ4v) is 2.48. The number of aromatic nitrogens is 1. The molecule has 0 amide bonds. The van der Waals surface area contributed by atoms with E-state index in [1.165, 1.54) is 12.8 Å². The van der Waals surface area contributed by atoms with Gasteiger partial charge in [-0.2, -0.15) is 0 Å². The highest BCUT2D eigenvalue weighted by Crippen LogP contribution is 2.21. The molecule has 0 spiro atoms. The van der Waals surface area contributed by atoms with Crippen LogP contribution in [-0.2, 0) is 4.74 Å². The molecule has 1 aromatic heterocycles. The number of halogens is 1. The van der Waals surface area contributed by atoms with Gasteiger partial charge in [-0.1, -0.05) is 0 Å². The van der Waals surface area contributed by atoms with E-state index in [1.807, 2.05) is 11.6 Å². The van der Waals surface area contributed by atoms with Crippen molar-refractivity contribution in [2.24, 2.45) is 5.92 Å². The van der Waals surface area contributed by atoms with Crippen molar-refractivity contribution in [1.29, 1.82) is 0 Å². The molecule has 0 saturated carbocycles. The van der Waals surface area contributed by atoms with Crippen molar-refractivity contribution in [2.75, 3.05) is 19.7 Å². The molecule has 1 atom stereocenters. The first-order chi connectivity index (χ1) is 7.36. The van der Waals surface area contributed by atoms with E-state index in [1.54, 1.807) is 11.3 Å². The fourth-order valence-electron chi connectivity index (χ4n) is 1.84. The standard InChI is InChI=1S/C11H18N2OS.ClH/c1-9(11-13-6-7-15-11)14-8-10-2-4-12-5-3-10;/h6-7,9-10,12H,2-5,8H2,1H3;1H. The van der Waals surface area contributed by atoms with Gasteiger partial charge in [-0.25, -0.2) is 4.98 Å². The van der Waals surface area contributed by atoms with Crippen LogP contribution < -0.4 is 5.32 Å². The molecule has 1 saturated heterocycles. The lowest BCUT2D eigenvalue weighted by Gasteiger charge is -2.23. The van der Waals surface area contributed by atoms with Crippen LogP contribution in [0.5, 0.6) is 0 Å². The van der Waals surface area contributed by atoms with E-state index in [9.17, 15) is 0 Å². The van der Waals surface area contributed by atoms with Gasteiger partial charge in [0.2, 0.25) is 0 Å². The smallest absolute Gasteiger partial charge is 0.121 e. The average Bonchev–Trinajstić information content (AvgIpc) is 2.81. The third-order valence-electron chi connectivity index (χ3n) is 2.84. The number of piperidine rings is 1. The lowest BCUT2D eigenvalue weighted by atomic mass is 9.99. The van der Waals surface area contributed by atoms with Crippen LogP contribution in [0, 0.1) is 5.92 Å². The zero-order valence-electron chi connectivity index (χ0n) is 9.52. The lowest BCUT2D eigenvalue weighted by molar-refractivity contribution is 0.0318. The van der Waals surface area contributed by atoms with Crippen LogP contribution in [0.3, 0.4) is 0 Å². The minimum absolute atomic E-state index is 0. The summed E-state index contributed by atoms with van der Waals surface area (Å²) in [6.07, 6.45) is 4.47. The predicted molar refractivity (Wildman–Crippen MR) is 69.3 cm³/mol. The number of hydrogen-bond acceptors (Lipinski definition) is 4. The van der Waals surface area contributed by atoms with E-state index in [2.05, 4.69) is 17.2 Å². The Morgan fingerprint density at radius 2 is 2.31 bits per heavy atom. The number of thiazole rings is 1. The van der Waals surface area contributed by atoms with Crippen LogP contribution in [0.15, 0.2) is 11.6 Å². The molecule has 1 aromatic rings. The summed E-state index contributed by atoms with van der Waals surface area (Å²) in [4.78, 5) is 4.26. The van der Waals surface area contributed by atoms with E-state index >= 15 is 0 Å². The Morgan fingerprint density at radius 1 is 1.56 bits per heavy atom. The topological polar surface area (TPSA) is 34.1 Å². The zero-order chi connectivity index (χ0) is 10.5. The van der Waals surface area contributed by atoms with Gasteiger partial charge < -0.3 is 10.1 Å². The van der Waals surface area contributed by atoms with Crippen molar-refractivity contribution < 1.29 is 4.74 Å². The molecule has 2 rings (SSSR count). The zero-order valence-corrected chi connectivity index (χ0v) is 11.1. The normalized spacial score (nSPS) is 19.1.